The molecule has 31 heavy (non-hydrogen) atoms. The van der Waals surface area contributed by atoms with E-state index in [4.69, 9.17) is 11.6 Å². The predicted molar refractivity (Wildman–Crippen MR) is 124 cm³/mol. The Hall–Kier alpha value is -3.49. The molecule has 0 saturated heterocycles. The molecule has 9 heteroatoms. The molecule has 1 aliphatic rings. The van der Waals surface area contributed by atoms with E-state index in [1.807, 2.05) is 30.3 Å². The van der Waals surface area contributed by atoms with E-state index in [2.05, 4.69) is 43.0 Å². The Labute approximate surface area is 187 Å². The summed E-state index contributed by atoms with van der Waals surface area (Å²) < 4.78 is 0. The Balaban J connectivity index is 1.54. The Morgan fingerprint density at radius 1 is 1.03 bits per heavy atom. The van der Waals surface area contributed by atoms with Crippen molar-refractivity contribution in [2.75, 3.05) is 16.0 Å². The molecule has 0 radical (unpaired) electrons. The van der Waals surface area contributed by atoms with Gasteiger partial charge in [-0.3, -0.25) is 4.79 Å². The topological polar surface area (TPSA) is 91.8 Å². The largest absolute Gasteiger partial charge is 0.339 e. The lowest BCUT2D eigenvalue weighted by atomic mass is 10.0. The minimum Gasteiger partial charge on any atom is -0.339 e. The van der Waals surface area contributed by atoms with Gasteiger partial charge in [-0.25, -0.2) is 9.97 Å². The molecule has 1 aliphatic heterocycles. The summed E-state index contributed by atoms with van der Waals surface area (Å²) in [6.07, 6.45) is 4.81. The third kappa shape index (κ3) is 4.50. The molecule has 0 spiro atoms. The van der Waals surface area contributed by atoms with Crippen LogP contribution in [0.1, 0.15) is 20.9 Å². The number of thiazole rings is 1. The molecule has 3 N–H and O–H groups in total. The lowest BCUT2D eigenvalue weighted by molar-refractivity contribution is 0.102. The quantitative estimate of drug-likeness (QED) is 0.379. The van der Waals surface area contributed by atoms with E-state index in [1.165, 1.54) is 16.9 Å². The first-order chi connectivity index (χ1) is 15.1. The molecule has 1 amide bonds. The molecule has 7 nitrogen and oxygen atoms in total. The van der Waals surface area contributed by atoms with Crippen LogP contribution in [0.3, 0.4) is 0 Å². The number of halogens is 1. The zero-order chi connectivity index (χ0) is 21.2. The van der Waals surface area contributed by atoms with Crippen molar-refractivity contribution in [3.05, 3.63) is 81.4 Å². The summed E-state index contributed by atoms with van der Waals surface area (Å²) in [5.74, 6) is 0.677. The minimum atomic E-state index is -0.240. The van der Waals surface area contributed by atoms with Crippen LogP contribution >= 0.6 is 22.9 Å². The maximum atomic E-state index is 12.5. The average molecular weight is 449 g/mol. The fourth-order valence-electron chi connectivity index (χ4n) is 3.37. The Morgan fingerprint density at radius 2 is 1.90 bits per heavy atom. The molecule has 0 atom stereocenters. The number of rotatable bonds is 2. The highest BCUT2D eigenvalue weighted by Crippen LogP contribution is 2.29. The molecule has 0 saturated carbocycles. The van der Waals surface area contributed by atoms with Crippen LogP contribution in [0.4, 0.5) is 28.8 Å². The number of nitrogens with one attached hydrogen (secondary N) is 3. The van der Waals surface area contributed by atoms with Gasteiger partial charge in [0.2, 0.25) is 5.95 Å². The van der Waals surface area contributed by atoms with Crippen LogP contribution in [0.2, 0.25) is 5.02 Å². The first-order valence-electron chi connectivity index (χ1n) is 9.63. The van der Waals surface area contributed by atoms with Gasteiger partial charge in [-0.05, 0) is 54.3 Å². The maximum Gasteiger partial charge on any atom is 0.284 e. The number of carbonyl (C=O) groups is 1. The molecule has 0 unspecified atom stereocenters. The second kappa shape index (κ2) is 8.33. The van der Waals surface area contributed by atoms with Crippen LogP contribution in [0.5, 0.6) is 0 Å². The second-order valence-electron chi connectivity index (χ2n) is 7.05. The van der Waals surface area contributed by atoms with Crippen molar-refractivity contribution in [1.29, 1.82) is 0 Å². The number of amides is 1. The number of hydrogen-bond acceptors (Lipinski definition) is 7. The van der Waals surface area contributed by atoms with E-state index in [0.29, 0.717) is 27.5 Å². The first kappa shape index (κ1) is 19.5. The zero-order valence-corrected chi connectivity index (χ0v) is 17.8. The molecule has 154 valence electrons. The van der Waals surface area contributed by atoms with E-state index in [0.717, 1.165) is 29.8 Å². The van der Waals surface area contributed by atoms with Crippen LogP contribution in [-0.2, 0) is 12.8 Å². The number of aryl methyl sites for hydroxylation is 2. The number of hydrogen-bond donors (Lipinski definition) is 3. The van der Waals surface area contributed by atoms with Crippen molar-refractivity contribution in [2.24, 2.45) is 0 Å². The fourth-order valence-corrected chi connectivity index (χ4v) is 4.04. The summed E-state index contributed by atoms with van der Waals surface area (Å²) in [4.78, 5) is 25.4. The number of benzene rings is 2. The van der Waals surface area contributed by atoms with Crippen LogP contribution < -0.4 is 16.0 Å². The lowest BCUT2D eigenvalue weighted by Gasteiger charge is -2.13. The van der Waals surface area contributed by atoms with E-state index >= 15 is 0 Å². The van der Waals surface area contributed by atoms with E-state index in [9.17, 15) is 4.79 Å². The van der Waals surface area contributed by atoms with Crippen molar-refractivity contribution in [2.45, 2.75) is 12.8 Å². The standard InChI is InChI=1S/C22H17ClN6OS/c23-18-12-25-22-28-15-3-1-2-13(8-15)4-5-14-9-16(26-19(18)29-22)11-17(10-14)27-20(30)21-24-6-7-31-21/h1-3,6-12H,4-5H2,(H,27,30)(H2,25,26,28,29). The highest BCUT2D eigenvalue weighted by molar-refractivity contribution is 7.11. The second-order valence-corrected chi connectivity index (χ2v) is 8.35. The number of carbonyl (C=O) groups excluding carboxylic acids is 1. The summed E-state index contributed by atoms with van der Waals surface area (Å²) in [7, 11) is 0. The van der Waals surface area contributed by atoms with Gasteiger partial charge < -0.3 is 16.0 Å². The molecule has 5 rings (SSSR count). The summed E-state index contributed by atoms with van der Waals surface area (Å²) in [6, 6.07) is 14.0. The maximum absolute atomic E-state index is 12.5. The van der Waals surface area contributed by atoms with Gasteiger partial charge in [0.15, 0.2) is 10.8 Å². The number of fused-ring (bicyclic) bond motifs is 6. The molecule has 6 bridgehead atoms. The summed E-state index contributed by atoms with van der Waals surface area (Å²) in [5, 5.41) is 12.0. The van der Waals surface area contributed by atoms with Gasteiger partial charge in [0.25, 0.3) is 5.91 Å². The van der Waals surface area contributed by atoms with E-state index in [-0.39, 0.29) is 5.91 Å². The number of anilines is 5. The van der Waals surface area contributed by atoms with Crippen molar-refractivity contribution in [1.82, 2.24) is 15.0 Å². The minimum absolute atomic E-state index is 0.240. The zero-order valence-electron chi connectivity index (χ0n) is 16.2. The third-order valence-electron chi connectivity index (χ3n) is 4.77. The molecule has 0 fully saturated rings. The first-order valence-corrected chi connectivity index (χ1v) is 10.9. The average Bonchev–Trinajstić information content (AvgIpc) is 3.30. The van der Waals surface area contributed by atoms with Crippen molar-refractivity contribution >= 4 is 57.7 Å². The van der Waals surface area contributed by atoms with Gasteiger partial charge in [-0.2, -0.15) is 4.98 Å². The predicted octanol–water partition coefficient (Wildman–Crippen LogP) is 5.42. The van der Waals surface area contributed by atoms with E-state index in [1.54, 1.807) is 17.8 Å². The summed E-state index contributed by atoms with van der Waals surface area (Å²) >= 11 is 7.63. The molecule has 2 aromatic heterocycles. The van der Waals surface area contributed by atoms with Crippen LogP contribution in [-0.4, -0.2) is 20.9 Å². The van der Waals surface area contributed by atoms with E-state index < -0.39 is 0 Å². The van der Waals surface area contributed by atoms with Gasteiger partial charge in [-0.15, -0.1) is 11.3 Å². The Bertz CT molecular complexity index is 1260. The van der Waals surface area contributed by atoms with Crippen LogP contribution in [0.25, 0.3) is 0 Å². The molecular weight excluding hydrogens is 432 g/mol. The lowest BCUT2D eigenvalue weighted by Crippen LogP contribution is -2.12. The molecule has 4 aromatic rings. The smallest absolute Gasteiger partial charge is 0.284 e. The summed E-state index contributed by atoms with van der Waals surface area (Å²) in [6.45, 7) is 0. The Morgan fingerprint density at radius 3 is 2.77 bits per heavy atom. The van der Waals surface area contributed by atoms with Crippen molar-refractivity contribution < 1.29 is 4.79 Å². The fraction of sp³-hybridized carbons (Fsp3) is 0.0909. The Kier molecular flexibility index (Phi) is 5.23. The highest BCUT2D eigenvalue weighted by atomic mass is 35.5. The van der Waals surface area contributed by atoms with Gasteiger partial charge in [0.05, 0.1) is 6.20 Å². The highest BCUT2D eigenvalue weighted by Gasteiger charge is 2.13. The monoisotopic (exact) mass is 448 g/mol. The van der Waals surface area contributed by atoms with Crippen molar-refractivity contribution in [3.63, 3.8) is 0 Å². The van der Waals surface area contributed by atoms with Gasteiger partial charge in [0, 0.05) is 28.6 Å². The van der Waals surface area contributed by atoms with Gasteiger partial charge in [0.1, 0.15) is 5.02 Å². The molecular formula is C22H17ClN6OS. The number of nitrogens with zero attached hydrogens (tertiary/aromatic N) is 3. The van der Waals surface area contributed by atoms with Crippen molar-refractivity contribution in [3.8, 4) is 0 Å². The normalized spacial score (nSPS) is 12.4. The summed E-state index contributed by atoms with van der Waals surface area (Å²) in [5.41, 5.74) is 4.61. The molecule has 2 aromatic carbocycles. The van der Waals surface area contributed by atoms with Crippen LogP contribution in [0, 0.1) is 0 Å². The molecule has 3 heterocycles. The van der Waals surface area contributed by atoms with Gasteiger partial charge >= 0.3 is 0 Å². The SMILES string of the molecule is O=C(Nc1cc2cc(c1)Nc1nc(ncc1Cl)Nc1cccc(c1)CC2)c1nccs1. The number of aromatic nitrogens is 3. The van der Waals surface area contributed by atoms with Crippen LogP contribution in [0.15, 0.2) is 60.2 Å². The third-order valence-corrected chi connectivity index (χ3v) is 5.82. The molecule has 0 aliphatic carbocycles. The van der Waals surface area contributed by atoms with Gasteiger partial charge in [-0.1, -0.05) is 23.7 Å².